The molecule has 2 heterocycles. The molecule has 2 saturated heterocycles. The molecule has 0 aliphatic carbocycles. The molecule has 0 spiro atoms. The summed E-state index contributed by atoms with van der Waals surface area (Å²) in [5.41, 5.74) is 2.11. The van der Waals surface area contributed by atoms with Crippen LogP contribution in [0.1, 0.15) is 17.5 Å². The Hall–Kier alpha value is -2.09. The zero-order chi connectivity index (χ0) is 19.8. The Bertz CT molecular complexity index is 837. The average Bonchev–Trinajstić information content (AvgIpc) is 3.07. The number of rotatable bonds is 3. The van der Waals surface area contributed by atoms with Crippen molar-refractivity contribution in [2.75, 3.05) is 32.9 Å². The second-order valence-electron chi connectivity index (χ2n) is 7.69. The van der Waals surface area contributed by atoms with Crippen LogP contribution in [-0.2, 0) is 21.2 Å². The molecular weight excluding hydrogens is 366 g/mol. The van der Waals surface area contributed by atoms with Crippen molar-refractivity contribution >= 4 is 21.8 Å². The van der Waals surface area contributed by atoms with Gasteiger partial charge in [-0.1, -0.05) is 24.3 Å². The van der Waals surface area contributed by atoms with Crippen molar-refractivity contribution in [1.82, 2.24) is 15.1 Å². The Kier molecular flexibility index (Phi) is 5.46. The number of carbonyl (C=O) groups is 2. The molecule has 0 radical (unpaired) electrons. The third-order valence-corrected chi connectivity index (χ3v) is 7.96. The van der Waals surface area contributed by atoms with Crippen LogP contribution in [0, 0.1) is 18.8 Å². The van der Waals surface area contributed by atoms with Gasteiger partial charge >= 0.3 is 6.03 Å². The van der Waals surface area contributed by atoms with E-state index in [1.165, 1.54) is 4.90 Å². The quantitative estimate of drug-likeness (QED) is 0.831. The molecule has 3 atom stereocenters. The van der Waals surface area contributed by atoms with Crippen LogP contribution in [0.5, 0.6) is 0 Å². The van der Waals surface area contributed by atoms with Gasteiger partial charge in [0.05, 0.1) is 11.0 Å². The molecule has 0 unspecified atom stereocenters. The van der Waals surface area contributed by atoms with Crippen molar-refractivity contribution in [2.24, 2.45) is 11.8 Å². The van der Waals surface area contributed by atoms with Crippen molar-refractivity contribution in [3.05, 3.63) is 35.4 Å². The van der Waals surface area contributed by atoms with Crippen LogP contribution in [0.4, 0.5) is 4.79 Å². The first-order valence-electron chi connectivity index (χ1n) is 9.20. The predicted molar refractivity (Wildman–Crippen MR) is 103 cm³/mol. The van der Waals surface area contributed by atoms with Crippen molar-refractivity contribution in [2.45, 2.75) is 25.1 Å². The van der Waals surface area contributed by atoms with Crippen LogP contribution < -0.4 is 5.32 Å². The Morgan fingerprint density at radius 3 is 2.59 bits per heavy atom. The van der Waals surface area contributed by atoms with E-state index in [2.05, 4.69) is 5.32 Å². The van der Waals surface area contributed by atoms with Crippen LogP contribution in [0.3, 0.4) is 0 Å². The number of aryl methyl sites for hydroxylation is 1. The standard InChI is InChI=1S/C19H27N3O4S/c1-13-6-4-5-7-14(13)10-20-19(24)22-11-16-15(18(23)21(2)3)8-9-27(25,26)17(16)12-22/h4-7,15-17H,8-12H2,1-3H3,(H,20,24)/t15-,16+,17+/m1/s1. The van der Waals surface area contributed by atoms with Crippen molar-refractivity contribution in [3.63, 3.8) is 0 Å². The molecule has 3 amide bonds. The average molecular weight is 394 g/mol. The van der Waals surface area contributed by atoms with Gasteiger partial charge in [-0.3, -0.25) is 4.79 Å². The largest absolute Gasteiger partial charge is 0.349 e. The van der Waals surface area contributed by atoms with Gasteiger partial charge in [0.15, 0.2) is 9.84 Å². The number of nitrogens with one attached hydrogen (secondary N) is 1. The number of amides is 3. The van der Waals surface area contributed by atoms with E-state index in [0.717, 1.165) is 11.1 Å². The number of fused-ring (bicyclic) bond motifs is 1. The van der Waals surface area contributed by atoms with Gasteiger partial charge in [0.1, 0.15) is 0 Å². The monoisotopic (exact) mass is 393 g/mol. The molecule has 27 heavy (non-hydrogen) atoms. The molecule has 8 heteroatoms. The van der Waals surface area contributed by atoms with Gasteiger partial charge in [-0.05, 0) is 24.5 Å². The maximum atomic E-state index is 12.6. The van der Waals surface area contributed by atoms with Gasteiger partial charge in [0.25, 0.3) is 0 Å². The van der Waals surface area contributed by atoms with Gasteiger partial charge in [-0.25, -0.2) is 13.2 Å². The molecular formula is C19H27N3O4S. The maximum absolute atomic E-state index is 12.6. The van der Waals surface area contributed by atoms with Crippen LogP contribution in [0.25, 0.3) is 0 Å². The minimum Gasteiger partial charge on any atom is -0.349 e. The predicted octanol–water partition coefficient (Wildman–Crippen LogP) is 1.03. The van der Waals surface area contributed by atoms with E-state index in [1.54, 1.807) is 19.0 Å². The Labute approximate surface area is 160 Å². The summed E-state index contributed by atoms with van der Waals surface area (Å²) in [5, 5.41) is 2.23. The summed E-state index contributed by atoms with van der Waals surface area (Å²) in [6.07, 6.45) is 0.333. The summed E-state index contributed by atoms with van der Waals surface area (Å²) in [6.45, 7) is 2.83. The molecule has 0 bridgehead atoms. The maximum Gasteiger partial charge on any atom is 0.317 e. The molecule has 0 aromatic heterocycles. The van der Waals surface area contributed by atoms with Crippen LogP contribution in [0.15, 0.2) is 24.3 Å². The van der Waals surface area contributed by atoms with Gasteiger partial charge in [-0.2, -0.15) is 0 Å². The Balaban J connectivity index is 1.71. The summed E-state index contributed by atoms with van der Waals surface area (Å²) in [4.78, 5) is 28.2. The number of likely N-dealkylation sites (tertiary alicyclic amines) is 1. The third kappa shape index (κ3) is 3.95. The second-order valence-corrected chi connectivity index (χ2v) is 10.0. The van der Waals surface area contributed by atoms with Gasteiger partial charge in [0, 0.05) is 45.6 Å². The number of benzene rings is 1. The molecule has 2 aliphatic heterocycles. The lowest BCUT2D eigenvalue weighted by Gasteiger charge is -2.33. The molecule has 1 aromatic carbocycles. The van der Waals surface area contributed by atoms with Gasteiger partial charge in [-0.15, -0.1) is 0 Å². The molecule has 2 aliphatic rings. The van der Waals surface area contributed by atoms with Gasteiger partial charge < -0.3 is 15.1 Å². The minimum atomic E-state index is -3.29. The topological polar surface area (TPSA) is 86.8 Å². The Morgan fingerprint density at radius 1 is 1.22 bits per heavy atom. The fourth-order valence-electron chi connectivity index (χ4n) is 4.12. The van der Waals surface area contributed by atoms with E-state index in [9.17, 15) is 18.0 Å². The van der Waals surface area contributed by atoms with E-state index in [-0.39, 0.29) is 36.1 Å². The van der Waals surface area contributed by atoms with E-state index in [0.29, 0.717) is 19.5 Å². The smallest absolute Gasteiger partial charge is 0.317 e. The van der Waals surface area contributed by atoms with Gasteiger partial charge in [0.2, 0.25) is 5.91 Å². The number of urea groups is 1. The first-order chi connectivity index (χ1) is 12.7. The highest BCUT2D eigenvalue weighted by Crippen LogP contribution is 2.37. The highest BCUT2D eigenvalue weighted by Gasteiger charge is 2.51. The van der Waals surface area contributed by atoms with Crippen molar-refractivity contribution < 1.29 is 18.0 Å². The van der Waals surface area contributed by atoms with Crippen LogP contribution >= 0.6 is 0 Å². The van der Waals surface area contributed by atoms with Crippen LogP contribution in [0.2, 0.25) is 0 Å². The summed E-state index contributed by atoms with van der Waals surface area (Å²) < 4.78 is 25.0. The molecule has 148 valence electrons. The molecule has 7 nitrogen and oxygen atoms in total. The molecule has 1 aromatic rings. The molecule has 0 saturated carbocycles. The van der Waals surface area contributed by atoms with Crippen molar-refractivity contribution in [3.8, 4) is 0 Å². The number of hydrogen-bond donors (Lipinski definition) is 1. The summed E-state index contributed by atoms with van der Waals surface area (Å²) in [7, 11) is 0.0801. The van der Waals surface area contributed by atoms with E-state index >= 15 is 0 Å². The number of carbonyl (C=O) groups excluding carboxylic acids is 2. The molecule has 2 fully saturated rings. The molecule has 3 rings (SSSR count). The zero-order valence-electron chi connectivity index (χ0n) is 16.0. The lowest BCUT2D eigenvalue weighted by Crippen LogP contribution is -2.46. The zero-order valence-corrected chi connectivity index (χ0v) is 16.8. The fourth-order valence-corrected chi connectivity index (χ4v) is 6.22. The SMILES string of the molecule is Cc1ccccc1CNC(=O)N1C[C@H]2[C@H](C(=O)N(C)C)CCS(=O)(=O)[C@H]2C1. The highest BCUT2D eigenvalue weighted by molar-refractivity contribution is 7.92. The first kappa shape index (κ1) is 19.7. The van der Waals surface area contributed by atoms with E-state index in [1.807, 2.05) is 31.2 Å². The summed E-state index contributed by atoms with van der Waals surface area (Å²) in [5.74, 6) is -0.718. The normalized spacial score (nSPS) is 26.3. The van der Waals surface area contributed by atoms with Crippen LogP contribution in [-0.4, -0.2) is 68.3 Å². The fraction of sp³-hybridized carbons (Fsp3) is 0.579. The lowest BCUT2D eigenvalue weighted by atomic mass is 9.87. The number of sulfone groups is 1. The molecule has 1 N–H and O–H groups in total. The summed E-state index contributed by atoms with van der Waals surface area (Å²) in [6, 6.07) is 7.52. The lowest BCUT2D eigenvalue weighted by molar-refractivity contribution is -0.134. The minimum absolute atomic E-state index is 0.0110. The highest BCUT2D eigenvalue weighted by atomic mass is 32.2. The number of hydrogen-bond acceptors (Lipinski definition) is 4. The summed E-state index contributed by atoms with van der Waals surface area (Å²) >= 11 is 0. The Morgan fingerprint density at radius 2 is 1.93 bits per heavy atom. The van der Waals surface area contributed by atoms with E-state index in [4.69, 9.17) is 0 Å². The number of nitrogens with zero attached hydrogens (tertiary/aromatic N) is 2. The third-order valence-electron chi connectivity index (χ3n) is 5.74. The van der Waals surface area contributed by atoms with E-state index < -0.39 is 15.1 Å². The second kappa shape index (κ2) is 7.50. The van der Waals surface area contributed by atoms with Crippen molar-refractivity contribution in [1.29, 1.82) is 0 Å². The first-order valence-corrected chi connectivity index (χ1v) is 10.9.